The van der Waals surface area contributed by atoms with Gasteiger partial charge in [-0.05, 0) is 12.0 Å². The summed E-state index contributed by atoms with van der Waals surface area (Å²) < 4.78 is 0. The number of hydrogen-bond donors (Lipinski definition) is 2. The SMILES string of the molecule is OCC1CN(CCc2ccccc2)CCN1. The zero-order valence-corrected chi connectivity index (χ0v) is 9.60. The molecule has 0 saturated carbocycles. The van der Waals surface area contributed by atoms with Crippen LogP contribution in [0.5, 0.6) is 0 Å². The molecule has 16 heavy (non-hydrogen) atoms. The first-order valence-corrected chi connectivity index (χ1v) is 5.99. The molecule has 2 N–H and O–H groups in total. The van der Waals surface area contributed by atoms with Crippen molar-refractivity contribution < 1.29 is 5.11 Å². The van der Waals surface area contributed by atoms with Gasteiger partial charge >= 0.3 is 0 Å². The molecule has 1 aromatic carbocycles. The van der Waals surface area contributed by atoms with Gasteiger partial charge in [0.1, 0.15) is 0 Å². The Morgan fingerprint density at radius 3 is 2.88 bits per heavy atom. The molecule has 1 saturated heterocycles. The molecule has 0 radical (unpaired) electrons. The summed E-state index contributed by atoms with van der Waals surface area (Å²) in [5.41, 5.74) is 1.39. The Morgan fingerprint density at radius 2 is 2.12 bits per heavy atom. The summed E-state index contributed by atoms with van der Waals surface area (Å²) in [5, 5.41) is 12.4. The zero-order valence-electron chi connectivity index (χ0n) is 9.60. The van der Waals surface area contributed by atoms with Gasteiger partial charge in [-0.15, -0.1) is 0 Å². The fourth-order valence-electron chi connectivity index (χ4n) is 2.15. The molecular formula is C13H20N2O. The van der Waals surface area contributed by atoms with Crippen molar-refractivity contribution in [1.82, 2.24) is 10.2 Å². The molecule has 0 aromatic heterocycles. The highest BCUT2D eigenvalue weighted by atomic mass is 16.3. The van der Waals surface area contributed by atoms with Gasteiger partial charge in [-0.3, -0.25) is 0 Å². The van der Waals surface area contributed by atoms with Crippen LogP contribution in [0, 0.1) is 0 Å². The fraction of sp³-hybridized carbons (Fsp3) is 0.538. The molecule has 0 bridgehead atoms. The Hall–Kier alpha value is -0.900. The number of piperazine rings is 1. The van der Waals surface area contributed by atoms with Crippen molar-refractivity contribution in [1.29, 1.82) is 0 Å². The summed E-state index contributed by atoms with van der Waals surface area (Å²) in [6.07, 6.45) is 1.10. The van der Waals surface area contributed by atoms with Gasteiger partial charge in [0.25, 0.3) is 0 Å². The van der Waals surface area contributed by atoms with E-state index in [2.05, 4.69) is 40.5 Å². The van der Waals surface area contributed by atoms with Crippen molar-refractivity contribution in [2.24, 2.45) is 0 Å². The van der Waals surface area contributed by atoms with Crippen LogP contribution < -0.4 is 5.32 Å². The second kappa shape index (κ2) is 5.99. The molecule has 1 fully saturated rings. The fourth-order valence-corrected chi connectivity index (χ4v) is 2.15. The van der Waals surface area contributed by atoms with Crippen LogP contribution in [0.25, 0.3) is 0 Å². The molecule has 3 nitrogen and oxygen atoms in total. The van der Waals surface area contributed by atoms with E-state index in [-0.39, 0.29) is 12.6 Å². The first-order valence-electron chi connectivity index (χ1n) is 5.99. The highest BCUT2D eigenvalue weighted by Gasteiger charge is 2.17. The van der Waals surface area contributed by atoms with Crippen LogP contribution in [0.2, 0.25) is 0 Å². The van der Waals surface area contributed by atoms with E-state index in [0.717, 1.165) is 32.6 Å². The summed E-state index contributed by atoms with van der Waals surface area (Å²) in [6, 6.07) is 10.8. The molecule has 0 spiro atoms. The van der Waals surface area contributed by atoms with Crippen LogP contribution in [0.4, 0.5) is 0 Å². The number of aliphatic hydroxyl groups is 1. The summed E-state index contributed by atoms with van der Waals surface area (Å²) in [6.45, 7) is 4.36. The van der Waals surface area contributed by atoms with E-state index < -0.39 is 0 Å². The van der Waals surface area contributed by atoms with E-state index in [1.54, 1.807) is 0 Å². The van der Waals surface area contributed by atoms with E-state index >= 15 is 0 Å². The third-order valence-corrected chi connectivity index (χ3v) is 3.12. The molecule has 1 aliphatic heterocycles. The monoisotopic (exact) mass is 220 g/mol. The molecular weight excluding hydrogens is 200 g/mol. The average Bonchev–Trinajstić information content (AvgIpc) is 2.38. The minimum Gasteiger partial charge on any atom is -0.395 e. The van der Waals surface area contributed by atoms with Crippen molar-refractivity contribution in [2.45, 2.75) is 12.5 Å². The molecule has 2 rings (SSSR count). The largest absolute Gasteiger partial charge is 0.395 e. The lowest BCUT2D eigenvalue weighted by atomic mass is 10.1. The lowest BCUT2D eigenvalue weighted by Gasteiger charge is -2.32. The minimum atomic E-state index is 0.238. The smallest absolute Gasteiger partial charge is 0.0597 e. The molecule has 1 aliphatic rings. The number of nitrogens with zero attached hydrogens (tertiary/aromatic N) is 1. The Labute approximate surface area is 97.1 Å². The van der Waals surface area contributed by atoms with Gasteiger partial charge in [0.2, 0.25) is 0 Å². The average molecular weight is 220 g/mol. The highest BCUT2D eigenvalue weighted by Crippen LogP contribution is 2.04. The maximum atomic E-state index is 9.10. The second-order valence-electron chi connectivity index (χ2n) is 4.37. The van der Waals surface area contributed by atoms with E-state index in [0.29, 0.717) is 0 Å². The number of hydrogen-bond acceptors (Lipinski definition) is 3. The first kappa shape index (κ1) is 11.6. The van der Waals surface area contributed by atoms with Gasteiger partial charge in [-0.2, -0.15) is 0 Å². The maximum Gasteiger partial charge on any atom is 0.0597 e. The maximum absolute atomic E-state index is 9.10. The summed E-state index contributed by atoms with van der Waals surface area (Å²) in [7, 11) is 0. The van der Waals surface area contributed by atoms with Gasteiger partial charge < -0.3 is 15.3 Å². The van der Waals surface area contributed by atoms with Crippen molar-refractivity contribution in [3.63, 3.8) is 0 Å². The van der Waals surface area contributed by atoms with Gasteiger partial charge in [-0.25, -0.2) is 0 Å². The Balaban J connectivity index is 1.77. The summed E-state index contributed by atoms with van der Waals surface area (Å²) in [5.74, 6) is 0. The van der Waals surface area contributed by atoms with E-state index in [4.69, 9.17) is 5.11 Å². The molecule has 1 aromatic rings. The molecule has 1 heterocycles. The lowest BCUT2D eigenvalue weighted by molar-refractivity contribution is 0.149. The predicted octanol–water partition coefficient (Wildman–Crippen LogP) is 0.495. The lowest BCUT2D eigenvalue weighted by Crippen LogP contribution is -2.52. The summed E-state index contributed by atoms with van der Waals surface area (Å²) in [4.78, 5) is 2.42. The number of aliphatic hydroxyl groups excluding tert-OH is 1. The zero-order chi connectivity index (χ0) is 11.2. The number of benzene rings is 1. The Kier molecular flexibility index (Phi) is 4.34. The standard InChI is InChI=1S/C13H20N2O/c16-11-13-10-15(9-7-14-13)8-6-12-4-2-1-3-5-12/h1-5,13-14,16H,6-11H2. The van der Waals surface area contributed by atoms with E-state index in [9.17, 15) is 0 Å². The molecule has 3 heteroatoms. The second-order valence-corrected chi connectivity index (χ2v) is 4.37. The van der Waals surface area contributed by atoms with E-state index in [1.807, 2.05) is 0 Å². The molecule has 0 amide bonds. The minimum absolute atomic E-state index is 0.238. The number of nitrogens with one attached hydrogen (secondary N) is 1. The molecule has 88 valence electrons. The topological polar surface area (TPSA) is 35.5 Å². The van der Waals surface area contributed by atoms with Crippen LogP contribution in [0.1, 0.15) is 5.56 Å². The summed E-state index contributed by atoms with van der Waals surface area (Å²) >= 11 is 0. The van der Waals surface area contributed by atoms with Gasteiger partial charge in [0, 0.05) is 32.2 Å². The van der Waals surface area contributed by atoms with Crippen LogP contribution in [-0.2, 0) is 6.42 Å². The van der Waals surface area contributed by atoms with Crippen molar-refractivity contribution in [3.8, 4) is 0 Å². The van der Waals surface area contributed by atoms with Gasteiger partial charge in [-0.1, -0.05) is 30.3 Å². The van der Waals surface area contributed by atoms with Crippen LogP contribution >= 0.6 is 0 Å². The van der Waals surface area contributed by atoms with E-state index in [1.165, 1.54) is 5.56 Å². The molecule has 1 atom stereocenters. The molecule has 1 unspecified atom stereocenters. The van der Waals surface area contributed by atoms with Crippen LogP contribution in [-0.4, -0.2) is 48.8 Å². The highest BCUT2D eigenvalue weighted by molar-refractivity contribution is 5.14. The van der Waals surface area contributed by atoms with Crippen LogP contribution in [0.3, 0.4) is 0 Å². The van der Waals surface area contributed by atoms with Crippen molar-refractivity contribution in [2.75, 3.05) is 32.8 Å². The first-order chi connectivity index (χ1) is 7.88. The van der Waals surface area contributed by atoms with Crippen LogP contribution in [0.15, 0.2) is 30.3 Å². The number of rotatable bonds is 4. The Bertz CT molecular complexity index is 302. The Morgan fingerprint density at radius 1 is 1.31 bits per heavy atom. The quantitative estimate of drug-likeness (QED) is 0.775. The van der Waals surface area contributed by atoms with Crippen molar-refractivity contribution in [3.05, 3.63) is 35.9 Å². The predicted molar refractivity (Wildman–Crippen MR) is 65.5 cm³/mol. The molecule has 0 aliphatic carbocycles. The third-order valence-electron chi connectivity index (χ3n) is 3.12. The van der Waals surface area contributed by atoms with Crippen molar-refractivity contribution >= 4 is 0 Å². The normalized spacial score (nSPS) is 22.2. The van der Waals surface area contributed by atoms with Gasteiger partial charge in [0.15, 0.2) is 0 Å². The van der Waals surface area contributed by atoms with Gasteiger partial charge in [0.05, 0.1) is 6.61 Å². The third kappa shape index (κ3) is 3.30.